The summed E-state index contributed by atoms with van der Waals surface area (Å²) in [6.07, 6.45) is 1.90. The van der Waals surface area contributed by atoms with E-state index in [1.54, 1.807) is 11.8 Å². The first-order valence-electron chi connectivity index (χ1n) is 11.2. The summed E-state index contributed by atoms with van der Waals surface area (Å²) in [5.41, 5.74) is 0.0432. The summed E-state index contributed by atoms with van der Waals surface area (Å²) >= 11 is 8.60. The predicted molar refractivity (Wildman–Crippen MR) is 137 cm³/mol. The first-order valence-corrected chi connectivity index (χ1v) is 13.6. The molecule has 14 heteroatoms. The number of nitrogens with one attached hydrogen (secondary N) is 2. The number of carbonyl (C=O) groups excluding carboxylic acids is 4. The van der Waals surface area contributed by atoms with E-state index < -0.39 is 33.1 Å². The van der Waals surface area contributed by atoms with Gasteiger partial charge in [0.15, 0.2) is 8.93 Å². The maximum Gasteiger partial charge on any atom is 0.328 e. The molecule has 2 aliphatic heterocycles. The molecule has 2 saturated heterocycles. The van der Waals surface area contributed by atoms with Crippen LogP contribution in [0, 0.1) is 5.92 Å². The predicted octanol–water partition coefficient (Wildman–Crippen LogP) is 1.65. The maximum absolute atomic E-state index is 12.7. The SMILES string of the molecule is COC(=O)[C@H](CC(C)C)NC(=O)[C@H](C)NC(=O)c1cn(C[C@@H]2N3C(=O)C(Br)(Br)[C@H]3SC2(C)C)nn1. The summed E-state index contributed by atoms with van der Waals surface area (Å²) in [4.78, 5) is 51.6. The van der Waals surface area contributed by atoms with Crippen LogP contribution >= 0.6 is 43.6 Å². The van der Waals surface area contributed by atoms with Gasteiger partial charge in [-0.25, -0.2) is 9.48 Å². The minimum Gasteiger partial charge on any atom is -0.467 e. The van der Waals surface area contributed by atoms with Crippen molar-refractivity contribution in [1.29, 1.82) is 0 Å². The van der Waals surface area contributed by atoms with Crippen LogP contribution in [0.1, 0.15) is 51.5 Å². The normalized spacial score (nSPS) is 23.8. The molecule has 0 bridgehead atoms. The number of β-lactam (4-membered cyclic amide) rings is 1. The largest absolute Gasteiger partial charge is 0.467 e. The Bertz CT molecular complexity index is 1020. The number of carbonyl (C=O) groups is 4. The number of thioether (sulfide) groups is 1. The van der Waals surface area contributed by atoms with Gasteiger partial charge in [-0.05, 0) is 33.1 Å². The third-order valence-electron chi connectivity index (χ3n) is 6.02. The number of fused-ring (bicyclic) bond motifs is 1. The van der Waals surface area contributed by atoms with Gasteiger partial charge in [0.1, 0.15) is 17.5 Å². The molecule has 2 N–H and O–H groups in total. The minimum atomic E-state index is -0.914. The molecule has 35 heavy (non-hydrogen) atoms. The van der Waals surface area contributed by atoms with E-state index >= 15 is 0 Å². The Kier molecular flexibility index (Phi) is 8.27. The van der Waals surface area contributed by atoms with Crippen molar-refractivity contribution >= 4 is 67.3 Å². The van der Waals surface area contributed by atoms with Crippen molar-refractivity contribution in [3.8, 4) is 0 Å². The lowest BCUT2D eigenvalue weighted by molar-refractivity contribution is -0.145. The van der Waals surface area contributed by atoms with Gasteiger partial charge in [-0.15, -0.1) is 16.9 Å². The van der Waals surface area contributed by atoms with Crippen LogP contribution in [0.2, 0.25) is 0 Å². The van der Waals surface area contributed by atoms with Crippen LogP contribution < -0.4 is 10.6 Å². The average molecular weight is 638 g/mol. The zero-order valence-corrected chi connectivity index (χ0v) is 24.4. The molecule has 1 aromatic heterocycles. The molecular weight excluding hydrogens is 608 g/mol. The second kappa shape index (κ2) is 10.4. The second-order valence-electron chi connectivity index (χ2n) is 9.66. The highest BCUT2D eigenvalue weighted by Crippen LogP contribution is 2.60. The van der Waals surface area contributed by atoms with E-state index in [1.807, 2.05) is 18.7 Å². The molecule has 0 saturated carbocycles. The summed E-state index contributed by atoms with van der Waals surface area (Å²) in [5.74, 6) is -1.52. The van der Waals surface area contributed by atoms with E-state index in [0.29, 0.717) is 13.0 Å². The molecule has 1 aromatic rings. The van der Waals surface area contributed by atoms with Crippen molar-refractivity contribution in [2.45, 2.75) is 79.1 Å². The molecule has 0 aliphatic carbocycles. The van der Waals surface area contributed by atoms with E-state index in [9.17, 15) is 19.2 Å². The lowest BCUT2D eigenvalue weighted by Gasteiger charge is -2.47. The van der Waals surface area contributed by atoms with Gasteiger partial charge in [-0.3, -0.25) is 14.4 Å². The number of amides is 3. The highest BCUT2D eigenvalue weighted by atomic mass is 79.9. The number of alkyl halides is 2. The minimum absolute atomic E-state index is 0.0432. The van der Waals surface area contributed by atoms with Crippen molar-refractivity contribution < 1.29 is 23.9 Å². The second-order valence-corrected chi connectivity index (χ2v) is 15.0. The topological polar surface area (TPSA) is 136 Å². The third-order valence-corrected chi connectivity index (χ3v) is 9.85. The van der Waals surface area contributed by atoms with E-state index in [0.717, 1.165) is 0 Å². The number of esters is 1. The molecule has 194 valence electrons. The number of methoxy groups -OCH3 is 1. The summed E-state index contributed by atoms with van der Waals surface area (Å²) in [7, 11) is 1.26. The highest BCUT2D eigenvalue weighted by molar-refractivity contribution is 9.26. The van der Waals surface area contributed by atoms with E-state index in [-0.39, 0.29) is 33.7 Å². The molecule has 2 aliphatic rings. The lowest BCUT2D eigenvalue weighted by atomic mass is 9.98. The molecule has 2 fully saturated rings. The Morgan fingerprint density at radius 2 is 1.89 bits per heavy atom. The molecule has 0 radical (unpaired) electrons. The van der Waals surface area contributed by atoms with Crippen LogP contribution in [-0.4, -0.2) is 82.2 Å². The smallest absolute Gasteiger partial charge is 0.328 e. The number of hydrogen-bond acceptors (Lipinski definition) is 8. The Labute approximate surface area is 225 Å². The molecule has 4 atom stereocenters. The van der Waals surface area contributed by atoms with Crippen LogP contribution in [0.25, 0.3) is 0 Å². The number of aromatic nitrogens is 3. The van der Waals surface area contributed by atoms with E-state index in [2.05, 4.69) is 66.7 Å². The quantitative estimate of drug-likeness (QED) is 0.237. The highest BCUT2D eigenvalue weighted by Gasteiger charge is 2.68. The van der Waals surface area contributed by atoms with Gasteiger partial charge in [-0.1, -0.05) is 50.9 Å². The van der Waals surface area contributed by atoms with Gasteiger partial charge >= 0.3 is 5.97 Å². The fraction of sp³-hybridized carbons (Fsp3) is 0.714. The number of rotatable bonds is 9. The van der Waals surface area contributed by atoms with Crippen LogP contribution in [0.5, 0.6) is 0 Å². The average Bonchev–Trinajstić information content (AvgIpc) is 3.34. The Balaban J connectivity index is 1.61. The molecule has 3 amide bonds. The van der Waals surface area contributed by atoms with Crippen molar-refractivity contribution in [2.75, 3.05) is 7.11 Å². The first-order chi connectivity index (χ1) is 16.2. The number of nitrogens with zero attached hydrogens (tertiary/aromatic N) is 4. The van der Waals surface area contributed by atoms with Gasteiger partial charge < -0.3 is 20.3 Å². The first kappa shape index (κ1) is 27.9. The van der Waals surface area contributed by atoms with Crippen LogP contribution in [-0.2, 0) is 25.7 Å². The Morgan fingerprint density at radius 3 is 2.49 bits per heavy atom. The van der Waals surface area contributed by atoms with Crippen LogP contribution in [0.3, 0.4) is 0 Å². The molecule has 0 aromatic carbocycles. The fourth-order valence-corrected chi connectivity index (χ4v) is 7.00. The van der Waals surface area contributed by atoms with E-state index in [4.69, 9.17) is 4.74 Å². The van der Waals surface area contributed by atoms with Gasteiger partial charge in [0.25, 0.3) is 11.8 Å². The zero-order valence-electron chi connectivity index (χ0n) is 20.4. The lowest BCUT2D eigenvalue weighted by Crippen LogP contribution is -2.67. The van der Waals surface area contributed by atoms with Gasteiger partial charge in [0.05, 0.1) is 25.9 Å². The standard InChI is InChI=1S/C21H30Br2N6O5S/c1-10(2)7-12(17(32)34-6)25-15(30)11(3)24-16(31)13-8-28(27-26-13)9-14-20(4,5)35-19-21(22,23)18(33)29(14)19/h8,10-12,14,19H,7,9H2,1-6H3,(H,24,31)(H,25,30)/t11-,12-,14-,19+/m0/s1. The van der Waals surface area contributed by atoms with Crippen molar-refractivity contribution in [3.05, 3.63) is 11.9 Å². The molecular formula is C21H30Br2N6O5S. The molecule has 0 unspecified atom stereocenters. The molecule has 3 heterocycles. The Hall–Kier alpha value is -1.67. The molecule has 11 nitrogen and oxygen atoms in total. The van der Waals surface area contributed by atoms with Crippen molar-refractivity contribution in [1.82, 2.24) is 30.5 Å². The Morgan fingerprint density at radius 1 is 1.23 bits per heavy atom. The third kappa shape index (κ3) is 5.68. The van der Waals surface area contributed by atoms with Gasteiger partial charge in [0.2, 0.25) is 5.91 Å². The van der Waals surface area contributed by atoms with Gasteiger partial charge in [0, 0.05) is 4.75 Å². The van der Waals surface area contributed by atoms with Gasteiger partial charge in [-0.2, -0.15) is 0 Å². The molecule has 0 spiro atoms. The summed E-state index contributed by atoms with van der Waals surface area (Å²) < 4.78 is 5.29. The fourth-order valence-electron chi connectivity index (χ4n) is 4.07. The van der Waals surface area contributed by atoms with Crippen molar-refractivity contribution in [2.24, 2.45) is 5.92 Å². The number of ether oxygens (including phenoxy) is 1. The number of halogens is 2. The van der Waals surface area contributed by atoms with Crippen LogP contribution in [0.15, 0.2) is 6.20 Å². The summed E-state index contributed by atoms with van der Waals surface area (Å²) in [6.45, 7) is 9.87. The monoisotopic (exact) mass is 636 g/mol. The van der Waals surface area contributed by atoms with E-state index in [1.165, 1.54) is 24.9 Å². The number of hydrogen-bond donors (Lipinski definition) is 2. The zero-order chi connectivity index (χ0) is 26.3. The summed E-state index contributed by atoms with van der Waals surface area (Å²) in [5, 5.41) is 13.1. The summed E-state index contributed by atoms with van der Waals surface area (Å²) in [6, 6.07) is -1.86. The van der Waals surface area contributed by atoms with Crippen molar-refractivity contribution in [3.63, 3.8) is 0 Å². The molecule has 3 rings (SSSR count). The maximum atomic E-state index is 12.7. The van der Waals surface area contributed by atoms with Crippen LogP contribution in [0.4, 0.5) is 0 Å².